The van der Waals surface area contributed by atoms with Crippen molar-refractivity contribution in [2.75, 3.05) is 18.5 Å². The van der Waals surface area contributed by atoms with Crippen molar-refractivity contribution >= 4 is 11.6 Å². The summed E-state index contributed by atoms with van der Waals surface area (Å²) in [5.74, 6) is 0.187. The monoisotopic (exact) mass is 286 g/mol. The molecule has 2 rings (SSSR count). The molecule has 1 unspecified atom stereocenters. The van der Waals surface area contributed by atoms with Crippen LogP contribution < -0.4 is 4.90 Å². The molecule has 0 bridgehead atoms. The van der Waals surface area contributed by atoms with E-state index in [1.54, 1.807) is 4.90 Å². The Kier molecular flexibility index (Phi) is 5.18. The van der Waals surface area contributed by atoms with Crippen molar-refractivity contribution in [3.05, 3.63) is 42.5 Å². The molecule has 1 amide bonds. The van der Waals surface area contributed by atoms with Gasteiger partial charge in [0.1, 0.15) is 0 Å². The molecule has 1 fully saturated rings. The van der Waals surface area contributed by atoms with Gasteiger partial charge in [0.05, 0.1) is 6.04 Å². The Bertz CT molecular complexity index is 494. The number of benzene rings is 1. The Morgan fingerprint density at radius 2 is 2.05 bits per heavy atom. The van der Waals surface area contributed by atoms with Crippen LogP contribution in [0.3, 0.4) is 0 Å². The van der Waals surface area contributed by atoms with E-state index in [0.717, 1.165) is 31.5 Å². The largest absolute Gasteiger partial charge is 0.314 e. The van der Waals surface area contributed by atoms with Crippen LogP contribution in [0.5, 0.6) is 0 Å². The third kappa shape index (κ3) is 3.53. The average molecular weight is 286 g/mol. The molecule has 0 aliphatic carbocycles. The van der Waals surface area contributed by atoms with Crippen molar-refractivity contribution in [2.24, 2.45) is 0 Å². The van der Waals surface area contributed by atoms with E-state index in [1.807, 2.05) is 37.4 Å². The highest BCUT2D eigenvalue weighted by molar-refractivity contribution is 5.96. The summed E-state index contributed by atoms with van der Waals surface area (Å²) >= 11 is 0. The van der Waals surface area contributed by atoms with Crippen molar-refractivity contribution < 1.29 is 4.79 Å². The van der Waals surface area contributed by atoms with Crippen LogP contribution in [0.2, 0.25) is 0 Å². The van der Waals surface area contributed by atoms with Crippen LogP contribution in [0.4, 0.5) is 5.69 Å². The van der Waals surface area contributed by atoms with Gasteiger partial charge in [-0.05, 0) is 45.2 Å². The van der Waals surface area contributed by atoms with E-state index in [0.29, 0.717) is 6.04 Å². The minimum absolute atomic E-state index is 0.0296. The second-order valence-corrected chi connectivity index (χ2v) is 6.01. The van der Waals surface area contributed by atoms with Crippen LogP contribution in [0, 0.1) is 6.92 Å². The van der Waals surface area contributed by atoms with Gasteiger partial charge in [-0.2, -0.15) is 0 Å². The number of amides is 1. The number of aryl methyl sites for hydroxylation is 1. The average Bonchev–Trinajstić information content (AvgIpc) is 2.49. The van der Waals surface area contributed by atoms with E-state index >= 15 is 0 Å². The van der Waals surface area contributed by atoms with E-state index < -0.39 is 0 Å². The van der Waals surface area contributed by atoms with Gasteiger partial charge in [0.15, 0.2) is 0 Å². The van der Waals surface area contributed by atoms with E-state index in [4.69, 9.17) is 0 Å². The predicted octanol–water partition coefficient (Wildman–Crippen LogP) is 3.39. The maximum Gasteiger partial charge on any atom is 0.244 e. The SMILES string of the molecule is C=CCN1C(C)CCC[C@@H]1C(=O)N(C)c1ccc(C)cc1. The first-order chi connectivity index (χ1) is 10.0. The van der Waals surface area contributed by atoms with Gasteiger partial charge in [-0.15, -0.1) is 6.58 Å². The molecule has 1 heterocycles. The van der Waals surface area contributed by atoms with Crippen LogP contribution in [0.1, 0.15) is 31.7 Å². The van der Waals surface area contributed by atoms with Crippen LogP contribution in [0.25, 0.3) is 0 Å². The van der Waals surface area contributed by atoms with Gasteiger partial charge >= 0.3 is 0 Å². The fourth-order valence-electron chi connectivity index (χ4n) is 3.09. The number of hydrogen-bond donors (Lipinski definition) is 0. The lowest BCUT2D eigenvalue weighted by Gasteiger charge is -2.40. The zero-order valence-corrected chi connectivity index (χ0v) is 13.4. The molecule has 3 heteroatoms. The second-order valence-electron chi connectivity index (χ2n) is 6.01. The van der Waals surface area contributed by atoms with Crippen molar-refractivity contribution in [3.63, 3.8) is 0 Å². The third-order valence-electron chi connectivity index (χ3n) is 4.44. The summed E-state index contributed by atoms with van der Waals surface area (Å²) in [6, 6.07) is 8.53. The topological polar surface area (TPSA) is 23.6 Å². The zero-order valence-electron chi connectivity index (χ0n) is 13.4. The van der Waals surface area contributed by atoms with E-state index in [2.05, 4.69) is 25.3 Å². The Hall–Kier alpha value is -1.61. The minimum Gasteiger partial charge on any atom is -0.314 e. The van der Waals surface area contributed by atoms with Gasteiger partial charge in [-0.25, -0.2) is 0 Å². The molecular weight excluding hydrogens is 260 g/mol. The normalized spacial score (nSPS) is 22.8. The third-order valence-corrected chi connectivity index (χ3v) is 4.44. The Morgan fingerprint density at radius 1 is 1.38 bits per heavy atom. The van der Waals surface area contributed by atoms with Crippen molar-refractivity contribution in [3.8, 4) is 0 Å². The number of carbonyl (C=O) groups excluding carboxylic acids is 1. The van der Waals surface area contributed by atoms with Crippen molar-refractivity contribution in [2.45, 2.75) is 45.2 Å². The lowest BCUT2D eigenvalue weighted by molar-refractivity contribution is -0.125. The number of piperidine rings is 1. The van der Waals surface area contributed by atoms with E-state index in [1.165, 1.54) is 5.56 Å². The number of rotatable bonds is 4. The molecule has 21 heavy (non-hydrogen) atoms. The van der Waals surface area contributed by atoms with Crippen molar-refractivity contribution in [1.29, 1.82) is 0 Å². The van der Waals surface area contributed by atoms with Crippen LogP contribution in [0.15, 0.2) is 36.9 Å². The summed E-state index contributed by atoms with van der Waals surface area (Å²) in [6.45, 7) is 8.87. The summed E-state index contributed by atoms with van der Waals surface area (Å²) in [5, 5.41) is 0. The second kappa shape index (κ2) is 6.90. The first-order valence-corrected chi connectivity index (χ1v) is 7.75. The van der Waals surface area contributed by atoms with Gasteiger partial charge < -0.3 is 4.90 Å². The quantitative estimate of drug-likeness (QED) is 0.792. The standard InChI is InChI=1S/C18H26N2O/c1-5-13-20-15(3)7-6-8-17(20)18(21)19(4)16-11-9-14(2)10-12-16/h5,9-12,15,17H,1,6-8,13H2,2-4H3/t15?,17-/m1/s1. The minimum atomic E-state index is -0.0296. The number of carbonyl (C=O) groups is 1. The number of hydrogen-bond acceptors (Lipinski definition) is 2. The highest BCUT2D eigenvalue weighted by atomic mass is 16.2. The number of likely N-dealkylation sites (tertiary alicyclic amines) is 1. The molecular formula is C18H26N2O. The molecule has 0 N–H and O–H groups in total. The summed E-state index contributed by atoms with van der Waals surface area (Å²) in [4.78, 5) is 16.9. The maximum absolute atomic E-state index is 12.9. The Labute approximate surface area is 128 Å². The van der Waals surface area contributed by atoms with Crippen LogP contribution in [-0.2, 0) is 4.79 Å². The van der Waals surface area contributed by atoms with Gasteiger partial charge in [-0.3, -0.25) is 9.69 Å². The molecule has 1 saturated heterocycles. The molecule has 1 aliphatic heterocycles. The van der Waals surface area contributed by atoms with Gasteiger partial charge in [0.25, 0.3) is 0 Å². The number of nitrogens with zero attached hydrogens (tertiary/aromatic N) is 2. The molecule has 1 aliphatic rings. The molecule has 0 spiro atoms. The highest BCUT2D eigenvalue weighted by Gasteiger charge is 2.33. The Morgan fingerprint density at radius 3 is 2.67 bits per heavy atom. The van der Waals surface area contributed by atoms with Crippen LogP contribution >= 0.6 is 0 Å². The number of likely N-dealkylation sites (N-methyl/N-ethyl adjacent to an activating group) is 1. The first-order valence-electron chi connectivity index (χ1n) is 7.75. The predicted molar refractivity (Wildman–Crippen MR) is 88.6 cm³/mol. The zero-order chi connectivity index (χ0) is 15.4. The molecule has 1 aromatic carbocycles. The molecule has 3 nitrogen and oxygen atoms in total. The molecule has 0 aromatic heterocycles. The van der Waals surface area contributed by atoms with E-state index in [9.17, 15) is 4.79 Å². The lowest BCUT2D eigenvalue weighted by atomic mass is 9.95. The molecule has 0 radical (unpaired) electrons. The van der Waals surface area contributed by atoms with Gasteiger partial charge in [0.2, 0.25) is 5.91 Å². The molecule has 2 atom stereocenters. The fourth-order valence-corrected chi connectivity index (χ4v) is 3.09. The fraction of sp³-hybridized carbons (Fsp3) is 0.500. The highest BCUT2D eigenvalue weighted by Crippen LogP contribution is 2.25. The maximum atomic E-state index is 12.9. The Balaban J connectivity index is 2.16. The summed E-state index contributed by atoms with van der Waals surface area (Å²) < 4.78 is 0. The summed E-state index contributed by atoms with van der Waals surface area (Å²) in [6.07, 6.45) is 5.11. The summed E-state index contributed by atoms with van der Waals surface area (Å²) in [5.41, 5.74) is 2.17. The molecule has 114 valence electrons. The smallest absolute Gasteiger partial charge is 0.244 e. The van der Waals surface area contributed by atoms with Crippen LogP contribution in [-0.4, -0.2) is 36.5 Å². The molecule has 0 saturated carbocycles. The first kappa shape index (κ1) is 15.8. The van der Waals surface area contributed by atoms with Crippen molar-refractivity contribution in [1.82, 2.24) is 4.90 Å². The lowest BCUT2D eigenvalue weighted by Crippen LogP contribution is -2.53. The summed E-state index contributed by atoms with van der Waals surface area (Å²) in [7, 11) is 1.87. The number of anilines is 1. The van der Waals surface area contributed by atoms with Gasteiger partial charge in [-0.1, -0.05) is 23.8 Å². The van der Waals surface area contributed by atoms with Gasteiger partial charge in [0, 0.05) is 25.3 Å². The van der Waals surface area contributed by atoms with E-state index in [-0.39, 0.29) is 11.9 Å². The molecule has 1 aromatic rings.